The van der Waals surface area contributed by atoms with Gasteiger partial charge in [-0.25, -0.2) is 0 Å². The third-order valence-electron chi connectivity index (χ3n) is 14.1. The SMILES string of the molecule is CCCCC/C=C\C/C=C\CCCCCCCCCC(=O)OC(COC(=O)CCCCCCCCCCCCCCCCCCCCCCC/C=C\CCCCCCCCCC)COP(=O)([O-])OCC[N+](C)(C)C. The lowest BCUT2D eigenvalue weighted by atomic mass is 10.0. The Morgan fingerprint density at radius 1 is 0.419 bits per heavy atom. The molecule has 0 aromatic carbocycles. The van der Waals surface area contributed by atoms with Crippen molar-refractivity contribution in [1.29, 1.82) is 0 Å². The summed E-state index contributed by atoms with van der Waals surface area (Å²) in [6.07, 6.45) is 69.3. The van der Waals surface area contributed by atoms with Crippen molar-refractivity contribution >= 4 is 19.8 Å². The van der Waals surface area contributed by atoms with Crippen LogP contribution in [-0.4, -0.2) is 70.0 Å². The van der Waals surface area contributed by atoms with Crippen molar-refractivity contribution in [3.63, 3.8) is 0 Å². The van der Waals surface area contributed by atoms with E-state index in [4.69, 9.17) is 18.5 Å². The van der Waals surface area contributed by atoms with Crippen LogP contribution in [0.3, 0.4) is 0 Å². The zero-order chi connectivity index (χ0) is 54.2. The van der Waals surface area contributed by atoms with Gasteiger partial charge in [0.2, 0.25) is 0 Å². The number of carbonyl (C=O) groups is 2. The molecular weight excluding hydrogens is 942 g/mol. The summed E-state index contributed by atoms with van der Waals surface area (Å²) in [5.74, 6) is -0.829. The van der Waals surface area contributed by atoms with Crippen molar-refractivity contribution < 1.29 is 42.1 Å². The number of nitrogens with zero attached hydrogens (tertiary/aromatic N) is 1. The Kier molecular flexibility index (Phi) is 54.6. The average molecular weight is 1060 g/mol. The maximum absolute atomic E-state index is 12.8. The highest BCUT2D eigenvalue weighted by atomic mass is 31.2. The predicted molar refractivity (Wildman–Crippen MR) is 314 cm³/mol. The van der Waals surface area contributed by atoms with Gasteiger partial charge in [0.1, 0.15) is 19.8 Å². The van der Waals surface area contributed by atoms with E-state index in [0.29, 0.717) is 17.4 Å². The summed E-state index contributed by atoms with van der Waals surface area (Å²) in [7, 11) is 1.17. The first-order valence-corrected chi connectivity index (χ1v) is 33.2. The van der Waals surface area contributed by atoms with Gasteiger partial charge in [0.15, 0.2) is 6.10 Å². The Labute approximate surface area is 459 Å². The molecule has 0 bridgehead atoms. The number of quaternary nitrogens is 1. The molecule has 0 aromatic rings. The summed E-state index contributed by atoms with van der Waals surface area (Å²) in [6.45, 7) is 4.25. The highest BCUT2D eigenvalue weighted by Crippen LogP contribution is 2.38. The summed E-state index contributed by atoms with van der Waals surface area (Å²) in [5, 5.41) is 0. The standard InChI is InChI=1S/C64H122NO8P/c1-6-8-10-12-14-16-18-20-22-24-25-26-27-28-29-30-31-32-33-34-35-36-37-38-39-41-42-44-46-48-50-52-54-56-63(66)70-60-62(61-72-74(68,69)71-59-58-65(3,4)5)73-64(67)57-55-53-51-49-47-45-43-40-23-21-19-17-15-13-11-9-7-2/h15,17,21,23-25,62H,6-14,16,18-20,22,26-61H2,1-5H3/b17-15-,23-21-,25-24-. The molecule has 2 atom stereocenters. The number of hydrogen-bond acceptors (Lipinski definition) is 8. The zero-order valence-corrected chi connectivity index (χ0v) is 50.5. The van der Waals surface area contributed by atoms with Crippen LogP contribution in [0.4, 0.5) is 0 Å². The molecule has 0 heterocycles. The largest absolute Gasteiger partial charge is 0.756 e. The van der Waals surface area contributed by atoms with Gasteiger partial charge in [-0.1, -0.05) is 262 Å². The first-order valence-electron chi connectivity index (χ1n) is 31.7. The molecule has 0 spiro atoms. The van der Waals surface area contributed by atoms with E-state index in [9.17, 15) is 19.0 Å². The summed E-state index contributed by atoms with van der Waals surface area (Å²) in [4.78, 5) is 37.9. The zero-order valence-electron chi connectivity index (χ0n) is 49.6. The summed E-state index contributed by atoms with van der Waals surface area (Å²) < 4.78 is 34.2. The van der Waals surface area contributed by atoms with Gasteiger partial charge in [0.05, 0.1) is 27.7 Å². The first-order chi connectivity index (χ1) is 36.0. The lowest BCUT2D eigenvalue weighted by molar-refractivity contribution is -0.870. The molecule has 436 valence electrons. The minimum atomic E-state index is -4.64. The highest BCUT2D eigenvalue weighted by molar-refractivity contribution is 7.45. The van der Waals surface area contributed by atoms with Crippen molar-refractivity contribution in [2.75, 3.05) is 47.5 Å². The molecule has 0 saturated heterocycles. The fourth-order valence-electron chi connectivity index (χ4n) is 9.21. The van der Waals surface area contributed by atoms with Crippen LogP contribution in [0.25, 0.3) is 0 Å². The van der Waals surface area contributed by atoms with Crippen LogP contribution < -0.4 is 4.89 Å². The van der Waals surface area contributed by atoms with Crippen LogP contribution in [0.1, 0.15) is 309 Å². The topological polar surface area (TPSA) is 111 Å². The number of ether oxygens (including phenoxy) is 2. The van der Waals surface area contributed by atoms with Gasteiger partial charge in [-0.15, -0.1) is 0 Å². The van der Waals surface area contributed by atoms with Crippen LogP contribution in [-0.2, 0) is 32.7 Å². The van der Waals surface area contributed by atoms with E-state index < -0.39 is 26.5 Å². The fourth-order valence-corrected chi connectivity index (χ4v) is 9.94. The average Bonchev–Trinajstić information content (AvgIpc) is 3.36. The maximum Gasteiger partial charge on any atom is 0.306 e. The highest BCUT2D eigenvalue weighted by Gasteiger charge is 2.22. The van der Waals surface area contributed by atoms with E-state index in [1.165, 1.54) is 225 Å². The van der Waals surface area contributed by atoms with Gasteiger partial charge in [0, 0.05) is 12.8 Å². The number of rotatable bonds is 59. The molecule has 0 aliphatic heterocycles. The van der Waals surface area contributed by atoms with E-state index in [1.54, 1.807) is 0 Å². The first kappa shape index (κ1) is 72.2. The molecule has 0 N–H and O–H groups in total. The van der Waals surface area contributed by atoms with E-state index >= 15 is 0 Å². The second kappa shape index (κ2) is 56.0. The second-order valence-electron chi connectivity index (χ2n) is 22.8. The molecule has 0 rings (SSSR count). The summed E-state index contributed by atoms with van der Waals surface area (Å²) in [6, 6.07) is 0. The third-order valence-corrected chi connectivity index (χ3v) is 15.1. The summed E-state index contributed by atoms with van der Waals surface area (Å²) in [5.41, 5.74) is 0. The quantitative estimate of drug-likeness (QED) is 0.0195. The van der Waals surface area contributed by atoms with Gasteiger partial charge in [-0.05, 0) is 70.6 Å². The van der Waals surface area contributed by atoms with Crippen molar-refractivity contribution in [2.45, 2.75) is 315 Å². The van der Waals surface area contributed by atoms with Crippen molar-refractivity contribution in [1.82, 2.24) is 0 Å². The van der Waals surface area contributed by atoms with E-state index in [2.05, 4.69) is 50.3 Å². The Morgan fingerprint density at radius 3 is 1.11 bits per heavy atom. The van der Waals surface area contributed by atoms with Crippen LogP contribution >= 0.6 is 7.82 Å². The molecule has 0 aliphatic rings. The lowest BCUT2D eigenvalue weighted by Crippen LogP contribution is -2.37. The molecule has 0 aromatic heterocycles. The van der Waals surface area contributed by atoms with Gasteiger partial charge in [-0.2, -0.15) is 0 Å². The number of hydrogen-bond donors (Lipinski definition) is 0. The fraction of sp³-hybridized carbons (Fsp3) is 0.875. The van der Waals surface area contributed by atoms with Crippen LogP contribution in [0.15, 0.2) is 36.5 Å². The molecule has 0 amide bonds. The molecule has 74 heavy (non-hydrogen) atoms. The van der Waals surface area contributed by atoms with Gasteiger partial charge in [0.25, 0.3) is 7.82 Å². The molecule has 2 unspecified atom stereocenters. The molecule has 0 saturated carbocycles. The minimum absolute atomic E-state index is 0.0310. The monoisotopic (exact) mass is 1060 g/mol. The second-order valence-corrected chi connectivity index (χ2v) is 24.2. The Morgan fingerprint density at radius 2 is 0.730 bits per heavy atom. The summed E-state index contributed by atoms with van der Waals surface area (Å²) >= 11 is 0. The maximum atomic E-state index is 12.8. The number of phosphoric acid groups is 1. The molecular formula is C64H122NO8P. The van der Waals surface area contributed by atoms with E-state index in [0.717, 1.165) is 51.4 Å². The number of esters is 2. The predicted octanol–water partition coefficient (Wildman–Crippen LogP) is 19.3. The van der Waals surface area contributed by atoms with Gasteiger partial charge >= 0.3 is 11.9 Å². The van der Waals surface area contributed by atoms with Crippen LogP contribution in [0, 0.1) is 0 Å². The van der Waals surface area contributed by atoms with Crippen molar-refractivity contribution in [2.24, 2.45) is 0 Å². The number of phosphoric ester groups is 1. The van der Waals surface area contributed by atoms with Crippen molar-refractivity contribution in [3.8, 4) is 0 Å². The van der Waals surface area contributed by atoms with E-state index in [-0.39, 0.29) is 32.0 Å². The Balaban J connectivity index is 3.98. The number of allylic oxidation sites excluding steroid dienone is 6. The Bertz CT molecular complexity index is 1340. The Hall–Kier alpha value is -1.77. The van der Waals surface area contributed by atoms with Crippen molar-refractivity contribution in [3.05, 3.63) is 36.5 Å². The number of unbranched alkanes of at least 4 members (excludes halogenated alkanes) is 39. The van der Waals surface area contributed by atoms with E-state index in [1.807, 2.05) is 21.1 Å². The van der Waals surface area contributed by atoms with Gasteiger partial charge < -0.3 is 27.9 Å². The van der Waals surface area contributed by atoms with Crippen LogP contribution in [0.2, 0.25) is 0 Å². The molecule has 10 heteroatoms. The smallest absolute Gasteiger partial charge is 0.306 e. The normalized spacial score (nSPS) is 13.4. The molecule has 9 nitrogen and oxygen atoms in total. The number of likely N-dealkylation sites (N-methyl/N-ethyl adjacent to an activating group) is 1. The molecule has 0 aliphatic carbocycles. The van der Waals surface area contributed by atoms with Crippen LogP contribution in [0.5, 0.6) is 0 Å². The number of carbonyl (C=O) groups excluding carboxylic acids is 2. The molecule has 0 radical (unpaired) electrons. The third kappa shape index (κ3) is 59.5. The molecule has 0 fully saturated rings. The lowest BCUT2D eigenvalue weighted by Gasteiger charge is -2.28. The minimum Gasteiger partial charge on any atom is -0.756 e. The van der Waals surface area contributed by atoms with Gasteiger partial charge in [-0.3, -0.25) is 14.2 Å².